The Morgan fingerprint density at radius 2 is 1.93 bits per heavy atom. The van der Waals surface area contributed by atoms with Crippen molar-refractivity contribution < 1.29 is 22.8 Å². The molecule has 0 unspecified atom stereocenters. The molecule has 148 valence electrons. The fraction of sp³-hybridized carbons (Fsp3) is 0.294. The van der Waals surface area contributed by atoms with Gasteiger partial charge in [0, 0.05) is 23.5 Å². The van der Waals surface area contributed by atoms with Crippen molar-refractivity contribution >= 4 is 35.0 Å². The summed E-state index contributed by atoms with van der Waals surface area (Å²) in [6, 6.07) is 6.69. The number of hydrogen-bond acceptors (Lipinski definition) is 6. The lowest BCUT2D eigenvalue weighted by atomic mass is 10.2. The Kier molecular flexibility index (Phi) is 5.34. The van der Waals surface area contributed by atoms with Crippen molar-refractivity contribution in [1.82, 2.24) is 9.97 Å². The molecule has 2 amide bonds. The number of amides is 2. The molecule has 1 fully saturated rings. The number of nitrogens with two attached hydrogens (primary N) is 1. The third-order valence-electron chi connectivity index (χ3n) is 3.84. The Morgan fingerprint density at radius 1 is 1.21 bits per heavy atom. The van der Waals surface area contributed by atoms with Gasteiger partial charge in [0.1, 0.15) is 12.4 Å². The first kappa shape index (κ1) is 19.4. The summed E-state index contributed by atoms with van der Waals surface area (Å²) in [5.74, 6) is -1.34. The molecule has 2 aromatic rings. The Bertz CT molecular complexity index is 899. The van der Waals surface area contributed by atoms with Gasteiger partial charge in [0.15, 0.2) is 0 Å². The second-order valence-electron chi connectivity index (χ2n) is 6.26. The fourth-order valence-electron chi connectivity index (χ4n) is 2.33. The number of carbonyl (C=O) groups excluding carboxylic acids is 2. The minimum absolute atomic E-state index is 0.0413. The predicted molar refractivity (Wildman–Crippen MR) is 96.2 cm³/mol. The topological polar surface area (TPSA) is 122 Å². The highest BCUT2D eigenvalue weighted by Gasteiger charge is 2.29. The first-order valence-electron chi connectivity index (χ1n) is 8.37. The molecule has 0 radical (unpaired) electrons. The van der Waals surface area contributed by atoms with E-state index in [0.717, 1.165) is 19.0 Å². The number of aromatic nitrogens is 2. The van der Waals surface area contributed by atoms with Crippen LogP contribution in [-0.4, -0.2) is 34.5 Å². The molecule has 11 heteroatoms. The smallest absolute Gasteiger partial charge is 0.365 e. The maximum atomic E-state index is 12.5. The molecule has 1 aromatic carbocycles. The summed E-state index contributed by atoms with van der Waals surface area (Å²) in [6.07, 6.45) is -1.72. The highest BCUT2D eigenvalue weighted by Crippen LogP contribution is 2.30. The van der Waals surface area contributed by atoms with Gasteiger partial charge in [-0.05, 0) is 31.0 Å². The van der Waals surface area contributed by atoms with Crippen LogP contribution in [0.3, 0.4) is 0 Å². The Labute approximate surface area is 157 Å². The van der Waals surface area contributed by atoms with Crippen LogP contribution in [0.2, 0.25) is 0 Å². The fourth-order valence-corrected chi connectivity index (χ4v) is 2.33. The van der Waals surface area contributed by atoms with E-state index in [1.54, 1.807) is 24.3 Å². The monoisotopic (exact) mass is 394 g/mol. The lowest BCUT2D eigenvalue weighted by Gasteiger charge is -2.13. The van der Waals surface area contributed by atoms with Crippen molar-refractivity contribution in [3.63, 3.8) is 0 Å². The number of rotatable bonds is 7. The molecule has 0 saturated heterocycles. The summed E-state index contributed by atoms with van der Waals surface area (Å²) < 4.78 is 37.4. The number of halogens is 3. The normalized spacial score (nSPS) is 13.7. The Balaban J connectivity index is 1.76. The van der Waals surface area contributed by atoms with E-state index in [1.165, 1.54) is 0 Å². The van der Waals surface area contributed by atoms with Crippen LogP contribution in [0, 0.1) is 5.92 Å². The van der Waals surface area contributed by atoms with Gasteiger partial charge in [0.2, 0.25) is 11.9 Å². The van der Waals surface area contributed by atoms with E-state index >= 15 is 0 Å². The first-order valence-corrected chi connectivity index (χ1v) is 8.37. The minimum atomic E-state index is -4.50. The van der Waals surface area contributed by atoms with Crippen LogP contribution in [0.5, 0.6) is 0 Å². The van der Waals surface area contributed by atoms with E-state index in [9.17, 15) is 22.8 Å². The number of anilines is 4. The summed E-state index contributed by atoms with van der Waals surface area (Å²) in [7, 11) is 0. The Hall–Kier alpha value is -3.37. The maximum absolute atomic E-state index is 12.5. The van der Waals surface area contributed by atoms with Crippen LogP contribution in [0.4, 0.5) is 36.3 Å². The standard InChI is InChI=1S/C17H17F3N6O2/c18-17(19,20)8-23-14-12(13(21)27)7-22-16(26-14)25-11-3-1-2-10(6-11)24-15(28)9-4-5-9/h1-3,6-7,9H,4-5,8H2,(H2,21,27)(H,24,28)(H2,22,23,25,26). The molecule has 0 aliphatic heterocycles. The van der Waals surface area contributed by atoms with E-state index in [0.29, 0.717) is 11.4 Å². The lowest BCUT2D eigenvalue weighted by Crippen LogP contribution is -2.24. The number of primary amides is 1. The van der Waals surface area contributed by atoms with Crippen LogP contribution < -0.4 is 21.7 Å². The van der Waals surface area contributed by atoms with Crippen LogP contribution in [-0.2, 0) is 4.79 Å². The molecule has 1 heterocycles. The summed E-state index contributed by atoms with van der Waals surface area (Å²) in [4.78, 5) is 31.0. The van der Waals surface area contributed by atoms with Gasteiger partial charge in [-0.1, -0.05) is 6.07 Å². The van der Waals surface area contributed by atoms with Crippen LogP contribution >= 0.6 is 0 Å². The van der Waals surface area contributed by atoms with Crippen molar-refractivity contribution in [1.29, 1.82) is 0 Å². The first-order chi connectivity index (χ1) is 13.2. The van der Waals surface area contributed by atoms with Crippen molar-refractivity contribution in [2.75, 3.05) is 22.5 Å². The van der Waals surface area contributed by atoms with Gasteiger partial charge in [0.05, 0.1) is 5.56 Å². The molecule has 5 N–H and O–H groups in total. The summed E-state index contributed by atoms with van der Waals surface area (Å²) in [5.41, 5.74) is 5.95. The van der Waals surface area contributed by atoms with Crippen LogP contribution in [0.15, 0.2) is 30.5 Å². The van der Waals surface area contributed by atoms with Gasteiger partial charge >= 0.3 is 6.18 Å². The largest absolute Gasteiger partial charge is 0.405 e. The van der Waals surface area contributed by atoms with Crippen molar-refractivity contribution in [3.8, 4) is 0 Å². The molecular formula is C17H17F3N6O2. The third kappa shape index (κ3) is 5.32. The molecule has 1 aromatic heterocycles. The van der Waals surface area contributed by atoms with Gasteiger partial charge in [0.25, 0.3) is 5.91 Å². The highest BCUT2D eigenvalue weighted by molar-refractivity contribution is 5.97. The van der Waals surface area contributed by atoms with Gasteiger partial charge < -0.3 is 21.7 Å². The van der Waals surface area contributed by atoms with E-state index in [1.807, 2.05) is 5.32 Å². The van der Waals surface area contributed by atoms with Gasteiger partial charge in [-0.3, -0.25) is 9.59 Å². The van der Waals surface area contributed by atoms with Crippen molar-refractivity contribution in [3.05, 3.63) is 36.0 Å². The molecule has 0 bridgehead atoms. The average Bonchev–Trinajstić information content (AvgIpc) is 3.45. The lowest BCUT2D eigenvalue weighted by molar-refractivity contribution is -0.117. The molecule has 28 heavy (non-hydrogen) atoms. The molecule has 8 nitrogen and oxygen atoms in total. The number of carbonyl (C=O) groups is 2. The SMILES string of the molecule is NC(=O)c1cnc(Nc2cccc(NC(=O)C3CC3)c2)nc1NCC(F)(F)F. The van der Waals surface area contributed by atoms with E-state index < -0.39 is 18.6 Å². The van der Waals surface area contributed by atoms with E-state index in [4.69, 9.17) is 5.73 Å². The molecule has 1 aliphatic rings. The molecular weight excluding hydrogens is 377 g/mol. The molecule has 0 spiro atoms. The Morgan fingerprint density at radius 3 is 2.57 bits per heavy atom. The number of hydrogen-bond donors (Lipinski definition) is 4. The zero-order valence-electron chi connectivity index (χ0n) is 14.5. The summed E-state index contributed by atoms with van der Waals surface area (Å²) >= 11 is 0. The second kappa shape index (κ2) is 7.71. The van der Waals surface area contributed by atoms with Crippen LogP contribution in [0.25, 0.3) is 0 Å². The molecule has 3 rings (SSSR count). The summed E-state index contributed by atoms with van der Waals surface area (Å²) in [6.45, 7) is -1.38. The van der Waals surface area contributed by atoms with E-state index in [2.05, 4.69) is 20.6 Å². The van der Waals surface area contributed by atoms with Crippen LogP contribution in [0.1, 0.15) is 23.2 Å². The number of benzene rings is 1. The minimum Gasteiger partial charge on any atom is -0.365 e. The molecule has 0 atom stereocenters. The highest BCUT2D eigenvalue weighted by atomic mass is 19.4. The number of nitrogens with one attached hydrogen (secondary N) is 3. The van der Waals surface area contributed by atoms with Gasteiger partial charge in [-0.25, -0.2) is 4.98 Å². The van der Waals surface area contributed by atoms with Crippen molar-refractivity contribution in [2.45, 2.75) is 19.0 Å². The zero-order chi connectivity index (χ0) is 20.3. The molecule has 1 aliphatic carbocycles. The quantitative estimate of drug-likeness (QED) is 0.573. The zero-order valence-corrected chi connectivity index (χ0v) is 14.5. The summed E-state index contributed by atoms with van der Waals surface area (Å²) in [5, 5.41) is 7.65. The number of alkyl halides is 3. The average molecular weight is 394 g/mol. The van der Waals surface area contributed by atoms with E-state index in [-0.39, 0.29) is 29.2 Å². The predicted octanol–water partition coefficient (Wildman–Crippen LogP) is 2.64. The van der Waals surface area contributed by atoms with Crippen molar-refractivity contribution in [2.24, 2.45) is 11.7 Å². The number of nitrogens with zero attached hydrogens (tertiary/aromatic N) is 2. The maximum Gasteiger partial charge on any atom is 0.405 e. The van der Waals surface area contributed by atoms with Gasteiger partial charge in [-0.2, -0.15) is 18.2 Å². The van der Waals surface area contributed by atoms with Gasteiger partial charge in [-0.15, -0.1) is 0 Å². The third-order valence-corrected chi connectivity index (χ3v) is 3.84. The molecule has 1 saturated carbocycles. The second-order valence-corrected chi connectivity index (χ2v) is 6.26.